The van der Waals surface area contributed by atoms with Gasteiger partial charge in [0.1, 0.15) is 0 Å². The summed E-state index contributed by atoms with van der Waals surface area (Å²) in [5.74, 6) is 0.0243. The van der Waals surface area contributed by atoms with Gasteiger partial charge in [-0.3, -0.25) is 0 Å². The van der Waals surface area contributed by atoms with Crippen LogP contribution in [0.5, 0.6) is 0 Å². The molecule has 0 amide bonds. The van der Waals surface area contributed by atoms with E-state index in [1.54, 1.807) is 0 Å². The van der Waals surface area contributed by atoms with E-state index in [-0.39, 0.29) is 5.92 Å². The minimum absolute atomic E-state index is 0.0243. The molecule has 0 aliphatic heterocycles. The molecule has 276 valence electrons. The molecule has 47 heavy (non-hydrogen) atoms. The molecule has 19 nitrogen and oxygen atoms in total. The maximum atomic E-state index is 8.20. The Hall–Kier alpha value is -1.90. The van der Waals surface area contributed by atoms with Gasteiger partial charge < -0.3 is 62.6 Å². The van der Waals surface area contributed by atoms with Crippen LogP contribution in [0.15, 0.2) is 10.2 Å². The largest absolute Gasteiger partial charge is 0.379 e. The van der Waals surface area contributed by atoms with Gasteiger partial charge in [0.25, 0.3) is 0 Å². The second-order valence-corrected chi connectivity index (χ2v) is 9.30. The number of hydrogen-bond donors (Lipinski definition) is 1. The fraction of sp³-hybridized carbons (Fsp3) is 1.00. The number of rotatable bonds is 41. The smallest absolute Gasteiger partial charge is 0.0701 e. The summed E-state index contributed by atoms with van der Waals surface area (Å²) in [6.45, 7) is 11.9. The van der Waals surface area contributed by atoms with Gasteiger partial charge in [-0.05, 0) is 11.1 Å². The number of nitrogens with zero attached hydrogens (tertiary/aromatic N) is 6. The van der Waals surface area contributed by atoms with Crippen molar-refractivity contribution in [2.45, 2.75) is 0 Å². The van der Waals surface area contributed by atoms with E-state index < -0.39 is 0 Å². The average molecular weight is 684 g/mol. The van der Waals surface area contributed by atoms with E-state index in [4.69, 9.17) is 73.6 Å². The minimum atomic E-state index is 0.0243. The van der Waals surface area contributed by atoms with Gasteiger partial charge in [-0.1, -0.05) is 10.2 Å². The lowest BCUT2D eigenvalue weighted by molar-refractivity contribution is -0.0465. The third-order valence-electron chi connectivity index (χ3n) is 5.47. The lowest BCUT2D eigenvalue weighted by Gasteiger charge is -2.18. The van der Waals surface area contributed by atoms with Crippen LogP contribution in [0.2, 0.25) is 0 Å². The third kappa shape index (κ3) is 40.2. The standard InChI is InChI=1S/C28H57N7O12/c29-1-4-36-7-10-39-13-16-42-19-22-45-25-28(26-46-23-20-43-17-14-40-11-8-37-5-2-32-34-30)27-47-24-21-44-18-15-41-12-9-38-6-3-33-35-31/h28H,1-27,29H2. The van der Waals surface area contributed by atoms with E-state index in [2.05, 4.69) is 20.1 Å². The fourth-order valence-electron chi connectivity index (χ4n) is 3.26. The molecule has 0 unspecified atom stereocenters. The summed E-state index contributed by atoms with van der Waals surface area (Å²) < 4.78 is 66.0. The molecule has 0 radical (unpaired) electrons. The summed E-state index contributed by atoms with van der Waals surface area (Å²) in [5.41, 5.74) is 21.8. The summed E-state index contributed by atoms with van der Waals surface area (Å²) in [4.78, 5) is 5.31. The molecule has 0 saturated carbocycles. The number of azide groups is 2. The SMILES string of the molecule is [N-]=[N+]=NCCOCCOCCOCCOCC(COCCOCCOCCOCCN)COCCOCCOCCOCCN=[N+]=[N-]. The first-order valence-corrected chi connectivity index (χ1v) is 16.0. The Morgan fingerprint density at radius 3 is 0.851 bits per heavy atom. The van der Waals surface area contributed by atoms with Crippen LogP contribution in [0.3, 0.4) is 0 Å². The monoisotopic (exact) mass is 683 g/mol. The van der Waals surface area contributed by atoms with Gasteiger partial charge >= 0.3 is 0 Å². The van der Waals surface area contributed by atoms with Gasteiger partial charge in [0.2, 0.25) is 0 Å². The fourth-order valence-corrected chi connectivity index (χ4v) is 3.26. The molecule has 0 aromatic heterocycles. The lowest BCUT2D eigenvalue weighted by atomic mass is 10.2. The van der Waals surface area contributed by atoms with Crippen LogP contribution in [0.4, 0.5) is 0 Å². The van der Waals surface area contributed by atoms with Crippen LogP contribution in [0.25, 0.3) is 20.9 Å². The molecule has 0 aromatic carbocycles. The summed E-state index contributed by atoms with van der Waals surface area (Å²) in [6.07, 6.45) is 0. The molecule has 0 spiro atoms. The van der Waals surface area contributed by atoms with Gasteiger partial charge in [-0.15, -0.1) is 0 Å². The molecule has 0 bridgehead atoms. The highest BCUT2D eigenvalue weighted by molar-refractivity contribution is 4.57. The van der Waals surface area contributed by atoms with Crippen molar-refractivity contribution >= 4 is 0 Å². The van der Waals surface area contributed by atoms with Gasteiger partial charge in [0.15, 0.2) is 0 Å². The maximum Gasteiger partial charge on any atom is 0.0701 e. The van der Waals surface area contributed by atoms with Crippen molar-refractivity contribution in [1.82, 2.24) is 0 Å². The Balaban J connectivity index is 3.94. The summed E-state index contributed by atoms with van der Waals surface area (Å²) in [6, 6.07) is 0. The zero-order valence-electron chi connectivity index (χ0n) is 27.8. The highest BCUT2D eigenvalue weighted by Gasteiger charge is 2.10. The Bertz CT molecular complexity index is 679. The maximum absolute atomic E-state index is 8.20. The topological polar surface area (TPSA) is 234 Å². The second-order valence-electron chi connectivity index (χ2n) is 9.30. The zero-order chi connectivity index (χ0) is 34.0. The first-order chi connectivity index (χ1) is 23.3. The first kappa shape index (κ1) is 45.1. The molecular formula is C28H57N7O12. The van der Waals surface area contributed by atoms with Crippen molar-refractivity contribution in [3.05, 3.63) is 20.9 Å². The molecule has 2 N–H and O–H groups in total. The van der Waals surface area contributed by atoms with E-state index >= 15 is 0 Å². The van der Waals surface area contributed by atoms with Crippen molar-refractivity contribution in [1.29, 1.82) is 0 Å². The molecule has 0 heterocycles. The van der Waals surface area contributed by atoms with E-state index in [1.165, 1.54) is 0 Å². The van der Waals surface area contributed by atoms with Gasteiger partial charge in [-0.25, -0.2) is 0 Å². The molecule has 0 fully saturated rings. The minimum Gasteiger partial charge on any atom is -0.379 e. The Labute approximate surface area is 278 Å². The summed E-state index contributed by atoms with van der Waals surface area (Å²) in [5, 5.41) is 6.77. The average Bonchev–Trinajstić information content (AvgIpc) is 3.08. The zero-order valence-corrected chi connectivity index (χ0v) is 27.8. The summed E-state index contributed by atoms with van der Waals surface area (Å²) >= 11 is 0. The van der Waals surface area contributed by atoms with Crippen molar-refractivity contribution in [3.8, 4) is 0 Å². The van der Waals surface area contributed by atoms with Crippen molar-refractivity contribution in [2.24, 2.45) is 21.9 Å². The Kier molecular flexibility index (Phi) is 40.4. The second kappa shape index (κ2) is 42.1. The van der Waals surface area contributed by atoms with Gasteiger partial charge in [-0.2, -0.15) is 0 Å². The Morgan fingerprint density at radius 1 is 0.362 bits per heavy atom. The molecule has 19 heteroatoms. The Morgan fingerprint density at radius 2 is 0.596 bits per heavy atom. The number of nitrogens with two attached hydrogens (primary N) is 1. The molecule has 0 aliphatic rings. The van der Waals surface area contributed by atoms with Crippen LogP contribution in [-0.4, -0.2) is 178 Å². The molecule has 0 aromatic rings. The van der Waals surface area contributed by atoms with Crippen LogP contribution < -0.4 is 5.73 Å². The van der Waals surface area contributed by atoms with E-state index in [9.17, 15) is 0 Å². The molecule has 0 rings (SSSR count). The molecule has 0 aliphatic carbocycles. The highest BCUT2D eigenvalue weighted by atomic mass is 16.6. The van der Waals surface area contributed by atoms with Crippen molar-refractivity contribution < 1.29 is 56.8 Å². The number of hydrogen-bond acceptors (Lipinski definition) is 15. The highest BCUT2D eigenvalue weighted by Crippen LogP contribution is 2.01. The molecule has 0 atom stereocenters. The van der Waals surface area contributed by atoms with Crippen LogP contribution in [0, 0.1) is 5.92 Å². The first-order valence-electron chi connectivity index (χ1n) is 16.0. The van der Waals surface area contributed by atoms with Crippen LogP contribution >= 0.6 is 0 Å². The predicted octanol–water partition coefficient (Wildman–Crippen LogP) is 1.38. The van der Waals surface area contributed by atoms with Crippen molar-refractivity contribution in [3.63, 3.8) is 0 Å². The normalized spacial score (nSPS) is 11.8. The quantitative estimate of drug-likeness (QED) is 0.0416. The van der Waals surface area contributed by atoms with Crippen molar-refractivity contribution in [2.75, 3.05) is 178 Å². The van der Waals surface area contributed by atoms with E-state index in [1.807, 2.05) is 0 Å². The lowest BCUT2D eigenvalue weighted by Crippen LogP contribution is -2.25. The van der Waals surface area contributed by atoms with E-state index in [0.29, 0.717) is 178 Å². The van der Waals surface area contributed by atoms with Crippen LogP contribution in [-0.2, 0) is 56.8 Å². The van der Waals surface area contributed by atoms with Gasteiger partial charge in [0, 0.05) is 35.4 Å². The third-order valence-corrected chi connectivity index (χ3v) is 5.47. The molecular weight excluding hydrogens is 626 g/mol. The predicted molar refractivity (Wildman–Crippen MR) is 170 cm³/mol. The number of ether oxygens (including phenoxy) is 12. The summed E-state index contributed by atoms with van der Waals surface area (Å²) in [7, 11) is 0. The molecule has 0 saturated heterocycles. The van der Waals surface area contributed by atoms with E-state index in [0.717, 1.165) is 0 Å². The van der Waals surface area contributed by atoms with Gasteiger partial charge in [0.05, 0.1) is 159 Å². The van der Waals surface area contributed by atoms with Crippen LogP contribution in [0.1, 0.15) is 0 Å².